The van der Waals surface area contributed by atoms with E-state index in [1.165, 1.54) is 24.9 Å². The number of benzene rings is 1. The number of carbonyl (C=O) groups excluding carboxylic acids is 2. The van der Waals surface area contributed by atoms with Gasteiger partial charge in [-0.2, -0.15) is 0 Å². The average Bonchev–Trinajstić information content (AvgIpc) is 2.68. The molecule has 6 heteroatoms. The largest absolute Gasteiger partial charge is 0.372 e. The molecule has 1 aromatic heterocycles. The van der Waals surface area contributed by atoms with Crippen LogP contribution >= 0.6 is 0 Å². The first-order chi connectivity index (χ1) is 12.2. The summed E-state index contributed by atoms with van der Waals surface area (Å²) in [6.07, 6.45) is 6.85. The Hall–Kier alpha value is -2.89. The van der Waals surface area contributed by atoms with Crippen molar-refractivity contribution in [2.24, 2.45) is 0 Å². The average molecular weight is 338 g/mol. The minimum atomic E-state index is -0.294. The third kappa shape index (κ3) is 4.79. The van der Waals surface area contributed by atoms with Gasteiger partial charge in [0.1, 0.15) is 0 Å². The van der Waals surface area contributed by atoms with Gasteiger partial charge in [-0.05, 0) is 55.7 Å². The lowest BCUT2D eigenvalue weighted by atomic mass is 10.1. The van der Waals surface area contributed by atoms with Gasteiger partial charge in [-0.3, -0.25) is 14.6 Å². The molecule has 1 aromatic carbocycles. The van der Waals surface area contributed by atoms with Gasteiger partial charge in [0.05, 0.1) is 6.54 Å². The van der Waals surface area contributed by atoms with Crippen molar-refractivity contribution in [2.75, 3.05) is 29.9 Å². The van der Waals surface area contributed by atoms with Crippen LogP contribution in [0.5, 0.6) is 0 Å². The summed E-state index contributed by atoms with van der Waals surface area (Å²) in [5.74, 6) is -0.550. The van der Waals surface area contributed by atoms with Crippen LogP contribution in [0.15, 0.2) is 48.8 Å². The number of amides is 2. The van der Waals surface area contributed by atoms with E-state index in [0.29, 0.717) is 5.56 Å². The fraction of sp³-hybridized carbons (Fsp3) is 0.316. The van der Waals surface area contributed by atoms with E-state index < -0.39 is 0 Å². The van der Waals surface area contributed by atoms with Crippen LogP contribution < -0.4 is 15.5 Å². The number of hydrogen-bond donors (Lipinski definition) is 2. The van der Waals surface area contributed by atoms with Crippen LogP contribution in [0, 0.1) is 0 Å². The van der Waals surface area contributed by atoms with Crippen LogP contribution in [0.1, 0.15) is 29.6 Å². The normalized spacial score (nSPS) is 14.0. The van der Waals surface area contributed by atoms with E-state index in [1.54, 1.807) is 24.5 Å². The molecule has 2 amide bonds. The lowest BCUT2D eigenvalue weighted by Crippen LogP contribution is -2.32. The van der Waals surface area contributed by atoms with E-state index in [4.69, 9.17) is 0 Å². The Kier molecular flexibility index (Phi) is 5.61. The molecule has 25 heavy (non-hydrogen) atoms. The Bertz CT molecular complexity index is 710. The summed E-state index contributed by atoms with van der Waals surface area (Å²) >= 11 is 0. The molecule has 130 valence electrons. The fourth-order valence-corrected chi connectivity index (χ4v) is 2.88. The SMILES string of the molecule is O=C(CNC(=O)c1ccncc1)Nc1ccc(N2CCCCC2)cc1. The number of rotatable bonds is 5. The molecule has 2 N–H and O–H groups in total. The van der Waals surface area contributed by atoms with Gasteiger partial charge in [-0.25, -0.2) is 0 Å². The van der Waals surface area contributed by atoms with Gasteiger partial charge < -0.3 is 15.5 Å². The standard InChI is InChI=1S/C19H22N4O2/c24-18(14-21-19(25)15-8-10-20-11-9-15)22-16-4-6-17(7-5-16)23-12-2-1-3-13-23/h4-11H,1-3,12-14H2,(H,21,25)(H,22,24). The number of anilines is 2. The number of carbonyl (C=O) groups is 2. The summed E-state index contributed by atoms with van der Waals surface area (Å²) < 4.78 is 0. The summed E-state index contributed by atoms with van der Waals surface area (Å²) in [6.45, 7) is 2.11. The smallest absolute Gasteiger partial charge is 0.251 e. The van der Waals surface area contributed by atoms with E-state index in [1.807, 2.05) is 24.3 Å². The molecule has 1 aliphatic rings. The van der Waals surface area contributed by atoms with Crippen LogP contribution in [0.3, 0.4) is 0 Å². The Morgan fingerprint density at radius 1 is 0.960 bits per heavy atom. The van der Waals surface area contributed by atoms with E-state index in [-0.39, 0.29) is 18.4 Å². The maximum atomic E-state index is 12.0. The van der Waals surface area contributed by atoms with Crippen molar-refractivity contribution in [3.8, 4) is 0 Å². The minimum absolute atomic E-state index is 0.0744. The molecule has 1 saturated heterocycles. The first-order valence-electron chi connectivity index (χ1n) is 8.55. The minimum Gasteiger partial charge on any atom is -0.372 e. The van der Waals surface area contributed by atoms with Crippen molar-refractivity contribution in [3.63, 3.8) is 0 Å². The molecular formula is C19H22N4O2. The summed E-state index contributed by atoms with van der Waals surface area (Å²) in [7, 11) is 0. The lowest BCUT2D eigenvalue weighted by molar-refractivity contribution is -0.115. The number of nitrogens with one attached hydrogen (secondary N) is 2. The molecular weight excluding hydrogens is 316 g/mol. The van der Waals surface area contributed by atoms with Gasteiger partial charge in [0.15, 0.2) is 0 Å². The van der Waals surface area contributed by atoms with Crippen molar-refractivity contribution >= 4 is 23.2 Å². The van der Waals surface area contributed by atoms with Crippen molar-refractivity contribution in [3.05, 3.63) is 54.4 Å². The van der Waals surface area contributed by atoms with Gasteiger partial charge in [-0.15, -0.1) is 0 Å². The molecule has 0 aliphatic carbocycles. The van der Waals surface area contributed by atoms with E-state index >= 15 is 0 Å². The zero-order chi connectivity index (χ0) is 17.5. The lowest BCUT2D eigenvalue weighted by Gasteiger charge is -2.28. The van der Waals surface area contributed by atoms with E-state index in [0.717, 1.165) is 18.8 Å². The molecule has 2 aromatic rings. The van der Waals surface area contributed by atoms with Crippen molar-refractivity contribution in [1.82, 2.24) is 10.3 Å². The monoisotopic (exact) mass is 338 g/mol. The molecule has 0 radical (unpaired) electrons. The predicted molar refractivity (Wildman–Crippen MR) is 97.7 cm³/mol. The van der Waals surface area contributed by atoms with Gasteiger partial charge in [0, 0.05) is 42.4 Å². The topological polar surface area (TPSA) is 74.3 Å². The van der Waals surface area contributed by atoms with Crippen LogP contribution in [-0.4, -0.2) is 36.4 Å². The zero-order valence-electron chi connectivity index (χ0n) is 14.1. The predicted octanol–water partition coefficient (Wildman–Crippen LogP) is 2.44. The highest BCUT2D eigenvalue weighted by atomic mass is 16.2. The van der Waals surface area contributed by atoms with Gasteiger partial charge in [-0.1, -0.05) is 0 Å². The molecule has 0 unspecified atom stereocenters. The molecule has 0 bridgehead atoms. The molecule has 2 heterocycles. The van der Waals surface area contributed by atoms with Crippen molar-refractivity contribution < 1.29 is 9.59 Å². The van der Waals surface area contributed by atoms with Gasteiger partial charge in [0.2, 0.25) is 5.91 Å². The number of aromatic nitrogens is 1. The highest BCUT2D eigenvalue weighted by Gasteiger charge is 2.11. The Morgan fingerprint density at radius 3 is 2.32 bits per heavy atom. The third-order valence-electron chi connectivity index (χ3n) is 4.22. The summed E-state index contributed by atoms with van der Waals surface area (Å²) in [6, 6.07) is 11.0. The summed E-state index contributed by atoms with van der Waals surface area (Å²) in [5.41, 5.74) is 2.39. The maximum Gasteiger partial charge on any atom is 0.251 e. The quantitative estimate of drug-likeness (QED) is 0.878. The Labute approximate surface area is 147 Å². The Morgan fingerprint density at radius 2 is 1.64 bits per heavy atom. The molecule has 1 fully saturated rings. The molecule has 0 spiro atoms. The van der Waals surface area contributed by atoms with Crippen molar-refractivity contribution in [1.29, 1.82) is 0 Å². The first-order valence-corrected chi connectivity index (χ1v) is 8.55. The fourth-order valence-electron chi connectivity index (χ4n) is 2.88. The molecule has 0 saturated carbocycles. The number of piperidine rings is 1. The van der Waals surface area contributed by atoms with Crippen LogP contribution in [-0.2, 0) is 4.79 Å². The van der Waals surface area contributed by atoms with E-state index in [2.05, 4.69) is 20.5 Å². The first kappa shape index (κ1) is 17.0. The van der Waals surface area contributed by atoms with Crippen LogP contribution in [0.4, 0.5) is 11.4 Å². The Balaban J connectivity index is 1.48. The highest BCUT2D eigenvalue weighted by molar-refractivity contribution is 5.99. The maximum absolute atomic E-state index is 12.0. The molecule has 1 aliphatic heterocycles. The highest BCUT2D eigenvalue weighted by Crippen LogP contribution is 2.21. The molecule has 6 nitrogen and oxygen atoms in total. The van der Waals surface area contributed by atoms with Gasteiger partial charge >= 0.3 is 0 Å². The van der Waals surface area contributed by atoms with Gasteiger partial charge in [0.25, 0.3) is 5.91 Å². The summed E-state index contributed by atoms with van der Waals surface area (Å²) in [5, 5.41) is 5.39. The second-order valence-corrected chi connectivity index (χ2v) is 6.06. The second kappa shape index (κ2) is 8.28. The number of pyridine rings is 1. The summed E-state index contributed by atoms with van der Waals surface area (Å²) in [4.78, 5) is 30.1. The van der Waals surface area contributed by atoms with E-state index in [9.17, 15) is 9.59 Å². The third-order valence-corrected chi connectivity index (χ3v) is 4.22. The number of nitrogens with zero attached hydrogens (tertiary/aromatic N) is 2. The number of hydrogen-bond acceptors (Lipinski definition) is 4. The van der Waals surface area contributed by atoms with Crippen LogP contribution in [0.2, 0.25) is 0 Å². The second-order valence-electron chi connectivity index (χ2n) is 6.06. The molecule has 0 atom stereocenters. The molecule has 3 rings (SSSR count). The van der Waals surface area contributed by atoms with Crippen LogP contribution in [0.25, 0.3) is 0 Å². The zero-order valence-corrected chi connectivity index (χ0v) is 14.1. The van der Waals surface area contributed by atoms with Crippen molar-refractivity contribution in [2.45, 2.75) is 19.3 Å².